The maximum absolute atomic E-state index is 12.1. The molecule has 0 aromatic carbocycles. The number of rotatable bonds is 3. The van der Waals surface area contributed by atoms with Crippen LogP contribution in [0.1, 0.15) is 58.9 Å². The molecule has 1 saturated carbocycles. The first-order valence-electron chi connectivity index (χ1n) is 8.82. The molecule has 1 aliphatic rings. The summed E-state index contributed by atoms with van der Waals surface area (Å²) in [6, 6.07) is 2.57. The molecule has 1 heterocycles. The molecule has 0 spiro atoms. The van der Waals surface area contributed by atoms with Gasteiger partial charge in [-0.25, -0.2) is 4.79 Å². The minimum atomic E-state index is -0.514. The molecule has 2 N–H and O–H groups in total. The van der Waals surface area contributed by atoms with Gasteiger partial charge in [-0.1, -0.05) is 13.8 Å². The Hall–Kier alpha value is -1.62. The third-order valence-electron chi connectivity index (χ3n) is 4.80. The molecular weight excluding hydrogens is 302 g/mol. The second kappa shape index (κ2) is 7.51. The van der Waals surface area contributed by atoms with Gasteiger partial charge >= 0.3 is 6.09 Å². The molecule has 0 unspecified atom stereocenters. The van der Waals surface area contributed by atoms with Gasteiger partial charge in [-0.2, -0.15) is 0 Å². The minimum absolute atomic E-state index is 0.424. The number of nitrogens with one attached hydrogen (secondary N) is 2. The third-order valence-corrected chi connectivity index (χ3v) is 4.80. The Kier molecular flexibility index (Phi) is 5.86. The van der Waals surface area contributed by atoms with Crippen LogP contribution < -0.4 is 10.6 Å². The van der Waals surface area contributed by atoms with Crippen LogP contribution in [0.25, 0.3) is 0 Å². The van der Waals surface area contributed by atoms with Gasteiger partial charge in [0.05, 0.1) is 11.9 Å². The molecule has 1 aliphatic carbocycles. The molecule has 134 valence electrons. The highest BCUT2D eigenvalue weighted by Crippen LogP contribution is 2.41. The maximum Gasteiger partial charge on any atom is 0.412 e. The Morgan fingerprint density at radius 2 is 1.88 bits per heavy atom. The van der Waals surface area contributed by atoms with E-state index >= 15 is 0 Å². The normalized spacial score (nSPS) is 27.6. The number of hydrogen-bond donors (Lipinski definition) is 2. The summed E-state index contributed by atoms with van der Waals surface area (Å²) in [4.78, 5) is 16.3. The fraction of sp³-hybridized carbons (Fsp3) is 0.684. The highest BCUT2D eigenvalue weighted by atomic mass is 16.6. The van der Waals surface area contributed by atoms with Crippen molar-refractivity contribution in [2.45, 2.75) is 65.0 Å². The van der Waals surface area contributed by atoms with E-state index in [4.69, 9.17) is 4.74 Å². The van der Waals surface area contributed by atoms with Gasteiger partial charge < -0.3 is 10.1 Å². The molecule has 24 heavy (non-hydrogen) atoms. The summed E-state index contributed by atoms with van der Waals surface area (Å²) in [5.41, 5.74) is 1.41. The Balaban J connectivity index is 2.16. The predicted molar refractivity (Wildman–Crippen MR) is 97.2 cm³/mol. The lowest BCUT2D eigenvalue weighted by atomic mass is 9.70. The third kappa shape index (κ3) is 4.69. The van der Waals surface area contributed by atoms with Gasteiger partial charge in [-0.05, 0) is 70.0 Å². The number of carbonyl (C=O) groups excluding carboxylic acids is 1. The van der Waals surface area contributed by atoms with Gasteiger partial charge in [-0.15, -0.1) is 0 Å². The Morgan fingerprint density at radius 3 is 2.42 bits per heavy atom. The van der Waals surface area contributed by atoms with Crippen LogP contribution in [0.2, 0.25) is 0 Å². The van der Waals surface area contributed by atoms with Gasteiger partial charge in [0.15, 0.2) is 0 Å². The largest absolute Gasteiger partial charge is 0.444 e. The Bertz CT molecular complexity index is 556. The predicted octanol–water partition coefficient (Wildman–Crippen LogP) is 4.17. The summed E-state index contributed by atoms with van der Waals surface area (Å²) in [5.74, 6) is 1.60. The van der Waals surface area contributed by atoms with Gasteiger partial charge in [0.2, 0.25) is 0 Å². The fourth-order valence-electron chi connectivity index (χ4n) is 3.95. The second-order valence-electron chi connectivity index (χ2n) is 8.03. The molecule has 4 atom stereocenters. The molecule has 1 fully saturated rings. The molecule has 2 rings (SSSR count). The number of ether oxygens (including phenoxy) is 1. The lowest BCUT2D eigenvalue weighted by Gasteiger charge is -2.39. The lowest BCUT2D eigenvalue weighted by Crippen LogP contribution is -2.42. The van der Waals surface area contributed by atoms with Crippen molar-refractivity contribution in [3.8, 4) is 0 Å². The number of hydrogen-bond acceptors (Lipinski definition) is 4. The first-order valence-corrected chi connectivity index (χ1v) is 8.82. The zero-order chi connectivity index (χ0) is 17.9. The minimum Gasteiger partial charge on any atom is -0.444 e. The SMILES string of the molecule is CN[C@@H]1[C@H](C)C[C@H](c2ccncc2NC(=O)OC(C)(C)C)C[C@@H]1C. The topological polar surface area (TPSA) is 63.2 Å². The molecule has 0 aliphatic heterocycles. The van der Waals surface area contributed by atoms with E-state index in [2.05, 4.69) is 29.5 Å². The van der Waals surface area contributed by atoms with Crippen molar-refractivity contribution in [3.63, 3.8) is 0 Å². The smallest absolute Gasteiger partial charge is 0.412 e. The molecular formula is C19H31N3O2. The van der Waals surface area contributed by atoms with E-state index in [1.807, 2.05) is 33.9 Å². The van der Waals surface area contributed by atoms with Gasteiger partial charge in [-0.3, -0.25) is 10.3 Å². The summed E-state index contributed by atoms with van der Waals surface area (Å²) < 4.78 is 5.37. The van der Waals surface area contributed by atoms with Crippen molar-refractivity contribution < 1.29 is 9.53 Å². The highest BCUT2D eigenvalue weighted by Gasteiger charge is 2.33. The standard InChI is InChI=1S/C19H31N3O2/c1-12-9-14(10-13(2)17(12)20-6)15-7-8-21-11-16(15)22-18(23)24-19(3,4)5/h7-8,11-14,17,20H,9-10H2,1-6H3,(H,22,23)/t12-,13+,14+,17-. The number of pyridine rings is 1. The molecule has 0 saturated heterocycles. The van der Waals surface area contributed by atoms with Crippen LogP contribution in [-0.2, 0) is 4.74 Å². The summed E-state index contributed by atoms with van der Waals surface area (Å²) in [5, 5.41) is 6.33. The molecule has 0 bridgehead atoms. The van der Waals surface area contributed by atoms with Crippen LogP contribution >= 0.6 is 0 Å². The second-order valence-corrected chi connectivity index (χ2v) is 8.03. The molecule has 0 radical (unpaired) electrons. The van der Waals surface area contributed by atoms with Crippen LogP contribution in [0.5, 0.6) is 0 Å². The first-order chi connectivity index (χ1) is 11.2. The monoisotopic (exact) mass is 333 g/mol. The van der Waals surface area contributed by atoms with Crippen LogP contribution in [0.15, 0.2) is 18.5 Å². The van der Waals surface area contributed by atoms with Crippen molar-refractivity contribution >= 4 is 11.8 Å². The van der Waals surface area contributed by atoms with Crippen molar-refractivity contribution in [2.75, 3.05) is 12.4 Å². The summed E-state index contributed by atoms with van der Waals surface area (Å²) >= 11 is 0. The van der Waals surface area contributed by atoms with Crippen molar-refractivity contribution in [3.05, 3.63) is 24.0 Å². The first kappa shape index (κ1) is 18.7. The quantitative estimate of drug-likeness (QED) is 0.871. The van der Waals surface area contributed by atoms with Crippen LogP contribution in [0, 0.1) is 11.8 Å². The maximum atomic E-state index is 12.1. The molecule has 1 amide bonds. The molecule has 5 nitrogen and oxygen atoms in total. The van der Waals surface area contributed by atoms with Crippen LogP contribution in [-0.4, -0.2) is 29.8 Å². The van der Waals surface area contributed by atoms with Crippen molar-refractivity contribution in [1.82, 2.24) is 10.3 Å². The highest BCUT2D eigenvalue weighted by molar-refractivity contribution is 5.85. The Labute approximate surface area is 145 Å². The number of amides is 1. The summed E-state index contributed by atoms with van der Waals surface area (Å²) in [6.45, 7) is 10.2. The summed E-state index contributed by atoms with van der Waals surface area (Å²) in [6.07, 6.45) is 5.29. The van der Waals surface area contributed by atoms with E-state index in [0.29, 0.717) is 23.8 Å². The van der Waals surface area contributed by atoms with Crippen molar-refractivity contribution in [1.29, 1.82) is 0 Å². The molecule has 1 aromatic heterocycles. The lowest BCUT2D eigenvalue weighted by molar-refractivity contribution is 0.0635. The van der Waals surface area contributed by atoms with E-state index in [1.54, 1.807) is 12.4 Å². The number of aromatic nitrogens is 1. The Morgan fingerprint density at radius 1 is 1.25 bits per heavy atom. The van der Waals surface area contributed by atoms with Crippen LogP contribution in [0.4, 0.5) is 10.5 Å². The van der Waals surface area contributed by atoms with E-state index in [1.165, 1.54) is 0 Å². The van der Waals surface area contributed by atoms with E-state index in [9.17, 15) is 4.79 Å². The average molecular weight is 333 g/mol. The average Bonchev–Trinajstić information content (AvgIpc) is 2.45. The van der Waals surface area contributed by atoms with Gasteiger partial charge in [0.25, 0.3) is 0 Å². The van der Waals surface area contributed by atoms with Gasteiger partial charge in [0.1, 0.15) is 5.60 Å². The zero-order valence-corrected chi connectivity index (χ0v) is 15.7. The number of nitrogens with zero attached hydrogens (tertiary/aromatic N) is 1. The number of carbonyl (C=O) groups is 1. The van der Waals surface area contributed by atoms with Gasteiger partial charge in [0, 0.05) is 12.2 Å². The fourth-order valence-corrected chi connectivity index (χ4v) is 3.95. The zero-order valence-electron chi connectivity index (χ0n) is 15.7. The number of anilines is 1. The van der Waals surface area contributed by atoms with E-state index < -0.39 is 11.7 Å². The van der Waals surface area contributed by atoms with Crippen LogP contribution in [0.3, 0.4) is 0 Å². The van der Waals surface area contributed by atoms with E-state index in [0.717, 1.165) is 24.1 Å². The molecule has 5 heteroatoms. The van der Waals surface area contributed by atoms with Crippen molar-refractivity contribution in [2.24, 2.45) is 11.8 Å². The molecule has 1 aromatic rings. The van der Waals surface area contributed by atoms with E-state index in [-0.39, 0.29) is 0 Å². The summed E-state index contributed by atoms with van der Waals surface area (Å²) in [7, 11) is 2.04.